The molecule has 1 N–H and O–H groups in total. The molecule has 0 radical (unpaired) electrons. The van der Waals surface area contributed by atoms with Gasteiger partial charge in [0.05, 0.1) is 14.2 Å². The predicted molar refractivity (Wildman–Crippen MR) is 87.1 cm³/mol. The highest BCUT2D eigenvalue weighted by molar-refractivity contribution is 9.10. The number of nitrogens with one attached hydrogen (secondary N) is 1. The summed E-state index contributed by atoms with van der Waals surface area (Å²) in [5.74, 6) is 1.79. The van der Waals surface area contributed by atoms with Crippen LogP contribution in [-0.4, -0.2) is 21.3 Å². The Hall–Kier alpha value is -1.04. The van der Waals surface area contributed by atoms with E-state index < -0.39 is 0 Å². The highest BCUT2D eigenvalue weighted by Crippen LogP contribution is 2.31. The Morgan fingerprint density at radius 3 is 2.55 bits per heavy atom. The molecule has 0 amide bonds. The van der Waals surface area contributed by atoms with Crippen LogP contribution >= 0.6 is 27.3 Å². The maximum Gasteiger partial charge on any atom is 0.129 e. The molecule has 1 aromatic heterocycles. The molecule has 1 atom stereocenters. The number of thiophene rings is 1. The molecule has 0 saturated carbocycles. The first-order valence-electron chi connectivity index (χ1n) is 6.30. The van der Waals surface area contributed by atoms with Crippen LogP contribution in [0, 0.1) is 0 Å². The molecule has 20 heavy (non-hydrogen) atoms. The second-order valence-corrected chi connectivity index (χ2v) is 6.19. The minimum atomic E-state index is 0.257. The molecule has 3 nitrogen and oxygen atoms in total. The molecule has 0 saturated heterocycles. The molecule has 0 aliphatic rings. The molecule has 0 aliphatic carbocycles. The summed E-state index contributed by atoms with van der Waals surface area (Å²) < 4.78 is 11.6. The summed E-state index contributed by atoms with van der Waals surface area (Å²) in [4.78, 5) is 1.26. The Bertz CT molecular complexity index is 571. The summed E-state index contributed by atoms with van der Waals surface area (Å²) in [6.07, 6.45) is 0.887. The van der Waals surface area contributed by atoms with Crippen molar-refractivity contribution in [1.29, 1.82) is 0 Å². The number of halogens is 1. The molecule has 0 fully saturated rings. The van der Waals surface area contributed by atoms with E-state index >= 15 is 0 Å². The zero-order valence-electron chi connectivity index (χ0n) is 11.8. The number of benzene rings is 1. The Balaban J connectivity index is 2.21. The molecular formula is C15H18BrNO2S. The largest absolute Gasteiger partial charge is 0.497 e. The van der Waals surface area contributed by atoms with Gasteiger partial charge in [0.15, 0.2) is 0 Å². The summed E-state index contributed by atoms with van der Waals surface area (Å²) in [7, 11) is 5.36. The van der Waals surface area contributed by atoms with Crippen molar-refractivity contribution in [2.75, 3.05) is 21.3 Å². The Kier molecular flexibility index (Phi) is 5.46. The second-order valence-electron chi connectivity index (χ2n) is 4.39. The van der Waals surface area contributed by atoms with Crippen molar-refractivity contribution in [3.63, 3.8) is 0 Å². The first-order chi connectivity index (χ1) is 9.67. The van der Waals surface area contributed by atoms with Crippen LogP contribution in [0.5, 0.6) is 11.5 Å². The van der Waals surface area contributed by atoms with Crippen LogP contribution in [0.1, 0.15) is 16.5 Å². The lowest BCUT2D eigenvalue weighted by molar-refractivity contribution is 0.413. The average molecular weight is 356 g/mol. The van der Waals surface area contributed by atoms with Gasteiger partial charge in [0, 0.05) is 20.8 Å². The van der Waals surface area contributed by atoms with Crippen LogP contribution in [0.3, 0.4) is 0 Å². The van der Waals surface area contributed by atoms with Gasteiger partial charge in [-0.1, -0.05) is 15.9 Å². The van der Waals surface area contributed by atoms with E-state index in [1.54, 1.807) is 25.6 Å². The summed E-state index contributed by atoms with van der Waals surface area (Å²) in [5, 5.41) is 5.39. The predicted octanol–water partition coefficient (Wildman–Crippen LogP) is 4.03. The number of likely N-dealkylation sites (N-methyl/N-ethyl adjacent to an activating group) is 1. The Morgan fingerprint density at radius 2 is 1.95 bits per heavy atom. The molecular weight excluding hydrogens is 338 g/mol. The van der Waals surface area contributed by atoms with Gasteiger partial charge < -0.3 is 14.8 Å². The van der Waals surface area contributed by atoms with Gasteiger partial charge in [-0.2, -0.15) is 0 Å². The van der Waals surface area contributed by atoms with E-state index in [2.05, 4.69) is 33.4 Å². The first-order valence-corrected chi connectivity index (χ1v) is 7.97. The van der Waals surface area contributed by atoms with E-state index in [1.165, 1.54) is 10.4 Å². The molecule has 1 aromatic carbocycles. The van der Waals surface area contributed by atoms with Crippen molar-refractivity contribution < 1.29 is 9.47 Å². The van der Waals surface area contributed by atoms with Crippen LogP contribution in [0.15, 0.2) is 34.1 Å². The molecule has 1 heterocycles. The Morgan fingerprint density at radius 1 is 1.20 bits per heavy atom. The third-order valence-corrected chi connectivity index (χ3v) is 5.00. The number of ether oxygens (including phenoxy) is 2. The molecule has 108 valence electrons. The zero-order valence-corrected chi connectivity index (χ0v) is 14.2. The lowest BCUT2D eigenvalue weighted by Crippen LogP contribution is -2.17. The molecule has 0 spiro atoms. The third-order valence-electron chi connectivity index (χ3n) is 3.20. The fraction of sp³-hybridized carbons (Fsp3) is 0.333. The first kappa shape index (κ1) is 15.4. The summed E-state index contributed by atoms with van der Waals surface area (Å²) >= 11 is 5.31. The van der Waals surface area contributed by atoms with Crippen LogP contribution in [-0.2, 0) is 6.42 Å². The van der Waals surface area contributed by atoms with Gasteiger partial charge in [0.25, 0.3) is 0 Å². The van der Waals surface area contributed by atoms with Gasteiger partial charge in [-0.3, -0.25) is 0 Å². The number of hydrogen-bond acceptors (Lipinski definition) is 4. The van der Waals surface area contributed by atoms with Crippen molar-refractivity contribution in [1.82, 2.24) is 5.32 Å². The molecule has 5 heteroatoms. The maximum absolute atomic E-state index is 5.29. The highest BCUT2D eigenvalue weighted by Gasteiger charge is 2.15. The molecule has 0 aliphatic heterocycles. The lowest BCUT2D eigenvalue weighted by atomic mass is 10.0. The van der Waals surface area contributed by atoms with E-state index in [-0.39, 0.29) is 6.04 Å². The highest BCUT2D eigenvalue weighted by atomic mass is 79.9. The summed E-state index contributed by atoms with van der Waals surface area (Å²) in [5.41, 5.74) is 1.22. The van der Waals surface area contributed by atoms with Crippen molar-refractivity contribution in [3.8, 4) is 11.5 Å². The van der Waals surface area contributed by atoms with Crippen LogP contribution < -0.4 is 14.8 Å². The fourth-order valence-electron chi connectivity index (χ4n) is 2.02. The van der Waals surface area contributed by atoms with Gasteiger partial charge in [-0.25, -0.2) is 0 Å². The van der Waals surface area contributed by atoms with Gasteiger partial charge in [-0.05, 0) is 43.3 Å². The van der Waals surface area contributed by atoms with Crippen LogP contribution in [0.2, 0.25) is 0 Å². The van der Waals surface area contributed by atoms with Gasteiger partial charge in [0.2, 0.25) is 0 Å². The smallest absolute Gasteiger partial charge is 0.129 e. The molecule has 0 bridgehead atoms. The van der Waals surface area contributed by atoms with Crippen molar-refractivity contribution in [2.24, 2.45) is 0 Å². The third kappa shape index (κ3) is 3.53. The maximum atomic E-state index is 5.29. The van der Waals surface area contributed by atoms with E-state index in [9.17, 15) is 0 Å². The lowest BCUT2D eigenvalue weighted by Gasteiger charge is -2.16. The zero-order chi connectivity index (χ0) is 14.5. The SMILES string of the molecule is CNC(Cc1cc(OC)ccc1Br)c1cc(OC)cs1. The number of hydrogen-bond donors (Lipinski definition) is 1. The number of rotatable bonds is 6. The van der Waals surface area contributed by atoms with Crippen molar-refractivity contribution >= 4 is 27.3 Å². The van der Waals surface area contributed by atoms with Crippen LogP contribution in [0.4, 0.5) is 0 Å². The fourth-order valence-corrected chi connectivity index (χ4v) is 3.40. The standard InChI is InChI=1S/C15H18BrNO2S/c1-17-14(15-8-12(19-3)9-20-15)7-10-6-11(18-2)4-5-13(10)16/h4-6,8-9,14,17H,7H2,1-3H3. The van der Waals surface area contributed by atoms with Gasteiger partial charge >= 0.3 is 0 Å². The van der Waals surface area contributed by atoms with Gasteiger partial charge in [-0.15, -0.1) is 11.3 Å². The normalized spacial score (nSPS) is 12.2. The van der Waals surface area contributed by atoms with E-state index in [0.717, 1.165) is 22.4 Å². The Labute approximate surface area is 132 Å². The molecule has 2 rings (SSSR count). The minimum absolute atomic E-state index is 0.257. The van der Waals surface area contributed by atoms with Crippen molar-refractivity contribution in [2.45, 2.75) is 12.5 Å². The number of methoxy groups -OCH3 is 2. The quantitative estimate of drug-likeness (QED) is 0.848. The average Bonchev–Trinajstić information content (AvgIpc) is 2.95. The van der Waals surface area contributed by atoms with Crippen LogP contribution in [0.25, 0.3) is 0 Å². The monoisotopic (exact) mass is 355 g/mol. The molecule has 2 aromatic rings. The van der Waals surface area contributed by atoms with E-state index in [1.807, 2.05) is 24.6 Å². The summed E-state index contributed by atoms with van der Waals surface area (Å²) in [6, 6.07) is 8.39. The van der Waals surface area contributed by atoms with E-state index in [0.29, 0.717) is 0 Å². The van der Waals surface area contributed by atoms with E-state index in [4.69, 9.17) is 9.47 Å². The summed E-state index contributed by atoms with van der Waals surface area (Å²) in [6.45, 7) is 0. The minimum Gasteiger partial charge on any atom is -0.497 e. The topological polar surface area (TPSA) is 30.5 Å². The second kappa shape index (κ2) is 7.11. The molecule has 1 unspecified atom stereocenters. The van der Waals surface area contributed by atoms with Crippen molar-refractivity contribution in [3.05, 3.63) is 44.6 Å². The van der Waals surface area contributed by atoms with Gasteiger partial charge in [0.1, 0.15) is 11.5 Å².